The third-order valence-corrected chi connectivity index (χ3v) is 7.03. The van der Waals surface area contributed by atoms with Crippen molar-refractivity contribution in [2.24, 2.45) is 0 Å². The zero-order valence-electron chi connectivity index (χ0n) is 17.0. The molecule has 0 aliphatic carbocycles. The van der Waals surface area contributed by atoms with Crippen LogP contribution < -0.4 is 10.6 Å². The summed E-state index contributed by atoms with van der Waals surface area (Å²) in [7, 11) is 0. The van der Waals surface area contributed by atoms with Crippen LogP contribution in [0.5, 0.6) is 0 Å². The SMILES string of the molecule is O=C(Nc1nc2ccc(SC(F)(F)F)cc2s1)C(=O)c1c2n(c3ccccc13)CCNCC2. The van der Waals surface area contributed by atoms with Crippen LogP contribution in [-0.4, -0.2) is 39.8 Å². The maximum atomic E-state index is 13.2. The first-order chi connectivity index (χ1) is 15.8. The quantitative estimate of drug-likeness (QED) is 0.244. The van der Waals surface area contributed by atoms with Crippen molar-refractivity contribution >= 4 is 61.0 Å². The molecule has 1 aliphatic rings. The zero-order valence-corrected chi connectivity index (χ0v) is 18.7. The number of nitrogens with zero attached hydrogens (tertiary/aromatic N) is 2. The van der Waals surface area contributed by atoms with Crippen LogP contribution in [0.3, 0.4) is 0 Å². The van der Waals surface area contributed by atoms with E-state index in [-0.39, 0.29) is 21.8 Å². The number of carbonyl (C=O) groups is 2. The second-order valence-corrected chi connectivity index (χ2v) is 9.64. The number of anilines is 1. The van der Waals surface area contributed by atoms with Crippen LogP contribution in [0, 0.1) is 0 Å². The Hall–Kier alpha value is -2.89. The molecule has 0 fully saturated rings. The van der Waals surface area contributed by atoms with Gasteiger partial charge in [0, 0.05) is 47.5 Å². The minimum atomic E-state index is -4.39. The van der Waals surface area contributed by atoms with Gasteiger partial charge in [0.25, 0.3) is 11.7 Å². The van der Waals surface area contributed by atoms with Gasteiger partial charge in [-0.05, 0) is 36.0 Å². The van der Waals surface area contributed by atoms with E-state index in [0.717, 1.165) is 34.5 Å². The average Bonchev–Trinajstić information content (AvgIpc) is 3.19. The molecule has 2 N–H and O–H groups in total. The molecule has 0 bridgehead atoms. The Balaban J connectivity index is 1.44. The number of thiazole rings is 1. The summed E-state index contributed by atoms with van der Waals surface area (Å²) in [6.45, 7) is 2.17. The molecule has 4 aromatic rings. The van der Waals surface area contributed by atoms with Gasteiger partial charge >= 0.3 is 5.51 Å². The summed E-state index contributed by atoms with van der Waals surface area (Å²) in [4.78, 5) is 30.4. The number of halogens is 3. The molecule has 2 aromatic heterocycles. The van der Waals surface area contributed by atoms with Crippen LogP contribution in [-0.2, 0) is 17.8 Å². The monoisotopic (exact) mass is 490 g/mol. The number of nitrogens with one attached hydrogen (secondary N) is 2. The third kappa shape index (κ3) is 4.35. The minimum Gasteiger partial charge on any atom is -0.343 e. The number of thioether (sulfide) groups is 1. The van der Waals surface area contributed by atoms with E-state index in [1.807, 2.05) is 24.3 Å². The van der Waals surface area contributed by atoms with Crippen molar-refractivity contribution < 1.29 is 22.8 Å². The molecule has 0 unspecified atom stereocenters. The van der Waals surface area contributed by atoms with E-state index in [4.69, 9.17) is 0 Å². The van der Waals surface area contributed by atoms with Crippen molar-refractivity contribution in [1.82, 2.24) is 14.9 Å². The average molecular weight is 491 g/mol. The van der Waals surface area contributed by atoms with Crippen LogP contribution in [0.4, 0.5) is 18.3 Å². The maximum Gasteiger partial charge on any atom is 0.446 e. The molecule has 1 aliphatic heterocycles. The van der Waals surface area contributed by atoms with E-state index >= 15 is 0 Å². The van der Waals surface area contributed by atoms with Gasteiger partial charge in [0.15, 0.2) is 5.13 Å². The predicted octanol–water partition coefficient (Wildman–Crippen LogP) is 4.83. The number of hydrogen-bond acceptors (Lipinski definition) is 6. The highest BCUT2D eigenvalue weighted by Crippen LogP contribution is 2.39. The Morgan fingerprint density at radius 2 is 1.97 bits per heavy atom. The summed E-state index contributed by atoms with van der Waals surface area (Å²) in [5.74, 6) is -1.48. The standard InChI is InChI=1S/C22H17F3N4O2S2/c23-22(24,25)33-12-5-6-14-17(11-12)32-21(27-14)28-20(31)19(30)18-13-3-1-2-4-15(13)29-10-9-26-8-7-16(18)29/h1-6,11,26H,7-10H2,(H,27,28,31). The Morgan fingerprint density at radius 3 is 2.79 bits per heavy atom. The normalized spacial score (nSPS) is 14.3. The molecule has 0 atom stereocenters. The van der Waals surface area contributed by atoms with Gasteiger partial charge in [-0.15, -0.1) is 0 Å². The highest BCUT2D eigenvalue weighted by atomic mass is 32.2. The summed E-state index contributed by atoms with van der Waals surface area (Å²) >= 11 is 0.813. The van der Waals surface area contributed by atoms with Gasteiger partial charge in [-0.1, -0.05) is 29.5 Å². The summed E-state index contributed by atoms with van der Waals surface area (Å²) in [5.41, 5.74) is -1.84. The van der Waals surface area contributed by atoms with Crippen LogP contribution >= 0.6 is 23.1 Å². The van der Waals surface area contributed by atoms with Crippen LogP contribution in [0.25, 0.3) is 21.1 Å². The molecular formula is C22H17F3N4O2S2. The molecule has 0 spiro atoms. The Bertz CT molecular complexity index is 1390. The number of benzene rings is 2. The van der Waals surface area contributed by atoms with Crippen molar-refractivity contribution in [3.63, 3.8) is 0 Å². The van der Waals surface area contributed by atoms with E-state index in [1.54, 1.807) is 0 Å². The lowest BCUT2D eigenvalue weighted by molar-refractivity contribution is -0.112. The van der Waals surface area contributed by atoms with Gasteiger partial charge in [-0.2, -0.15) is 13.2 Å². The van der Waals surface area contributed by atoms with E-state index in [9.17, 15) is 22.8 Å². The molecule has 33 heavy (non-hydrogen) atoms. The molecule has 0 saturated carbocycles. The lowest BCUT2D eigenvalue weighted by Crippen LogP contribution is -2.24. The second-order valence-electron chi connectivity index (χ2n) is 7.47. The first-order valence-corrected chi connectivity index (χ1v) is 11.8. The molecule has 5 rings (SSSR count). The molecule has 1 amide bonds. The second kappa shape index (κ2) is 8.47. The van der Waals surface area contributed by atoms with E-state index in [0.29, 0.717) is 35.3 Å². The topological polar surface area (TPSA) is 76.0 Å². The summed E-state index contributed by atoms with van der Waals surface area (Å²) in [6, 6.07) is 11.7. The lowest BCUT2D eigenvalue weighted by Gasteiger charge is -2.06. The zero-order chi connectivity index (χ0) is 23.2. The van der Waals surface area contributed by atoms with Gasteiger partial charge in [-0.3, -0.25) is 14.9 Å². The molecular weight excluding hydrogens is 473 g/mol. The van der Waals surface area contributed by atoms with Gasteiger partial charge in [-0.25, -0.2) is 4.98 Å². The van der Waals surface area contributed by atoms with Crippen LogP contribution in [0.1, 0.15) is 16.1 Å². The highest BCUT2D eigenvalue weighted by molar-refractivity contribution is 8.00. The smallest absolute Gasteiger partial charge is 0.343 e. The number of para-hydroxylation sites is 1. The minimum absolute atomic E-state index is 0.0317. The van der Waals surface area contributed by atoms with Crippen molar-refractivity contribution in [2.75, 3.05) is 18.4 Å². The Labute approximate surface area is 194 Å². The first kappa shape index (κ1) is 21.9. The number of hydrogen-bond donors (Lipinski definition) is 2. The maximum absolute atomic E-state index is 13.2. The van der Waals surface area contributed by atoms with Crippen molar-refractivity contribution in [1.29, 1.82) is 0 Å². The van der Waals surface area contributed by atoms with Gasteiger partial charge in [0.05, 0.1) is 15.8 Å². The largest absolute Gasteiger partial charge is 0.446 e. The highest BCUT2D eigenvalue weighted by Gasteiger charge is 2.30. The number of Topliss-reactive ketones (excluding diaryl/α,β-unsaturated/α-hetero) is 1. The summed E-state index contributed by atoms with van der Waals surface area (Å²) < 4.78 is 40.5. The Kier molecular flexibility index (Phi) is 5.63. The predicted molar refractivity (Wildman–Crippen MR) is 123 cm³/mol. The van der Waals surface area contributed by atoms with Gasteiger partial charge < -0.3 is 9.88 Å². The van der Waals surface area contributed by atoms with Gasteiger partial charge in [0.2, 0.25) is 0 Å². The number of aromatic nitrogens is 2. The third-order valence-electron chi connectivity index (χ3n) is 5.38. The van der Waals surface area contributed by atoms with Crippen molar-refractivity contribution in [3.8, 4) is 0 Å². The lowest BCUT2D eigenvalue weighted by atomic mass is 10.0. The number of carbonyl (C=O) groups excluding carboxylic acids is 2. The summed E-state index contributed by atoms with van der Waals surface area (Å²) in [5, 5.41) is 6.73. The first-order valence-electron chi connectivity index (χ1n) is 10.1. The van der Waals surface area contributed by atoms with Crippen molar-refractivity contribution in [3.05, 3.63) is 53.7 Å². The molecule has 6 nitrogen and oxygen atoms in total. The van der Waals surface area contributed by atoms with E-state index in [2.05, 4.69) is 20.2 Å². The molecule has 170 valence electrons. The molecule has 3 heterocycles. The fourth-order valence-corrected chi connectivity index (χ4v) is 5.63. The van der Waals surface area contributed by atoms with Crippen molar-refractivity contribution in [2.45, 2.75) is 23.4 Å². The number of alkyl halides is 3. The van der Waals surface area contributed by atoms with Crippen LogP contribution in [0.2, 0.25) is 0 Å². The van der Waals surface area contributed by atoms with E-state index in [1.165, 1.54) is 18.2 Å². The Morgan fingerprint density at radius 1 is 1.15 bits per heavy atom. The number of fused-ring (bicyclic) bond motifs is 4. The molecule has 0 radical (unpaired) electrons. The van der Waals surface area contributed by atoms with E-state index < -0.39 is 17.2 Å². The fourth-order valence-electron chi connectivity index (χ4n) is 4.07. The van der Waals surface area contributed by atoms with Crippen LogP contribution in [0.15, 0.2) is 47.4 Å². The number of amides is 1. The van der Waals surface area contributed by atoms with Gasteiger partial charge in [0.1, 0.15) is 0 Å². The fraction of sp³-hybridized carbons (Fsp3) is 0.227. The number of ketones is 1. The molecule has 2 aromatic carbocycles. The summed E-state index contributed by atoms with van der Waals surface area (Å²) in [6.07, 6.45) is 0.615. The number of rotatable bonds is 4. The molecule has 11 heteroatoms. The molecule has 0 saturated heterocycles.